The second-order valence-corrected chi connectivity index (χ2v) is 4.53. The SMILES string of the molecule is COCCCCC1CC2C=CC1C2. The Morgan fingerprint density at radius 1 is 1.23 bits per heavy atom. The molecule has 0 heterocycles. The van der Waals surface area contributed by atoms with Gasteiger partial charge in [-0.05, 0) is 43.4 Å². The number of ether oxygens (including phenoxy) is 1. The number of rotatable bonds is 5. The summed E-state index contributed by atoms with van der Waals surface area (Å²) in [6.45, 7) is 0.941. The highest BCUT2D eigenvalue weighted by atomic mass is 16.5. The van der Waals surface area contributed by atoms with Gasteiger partial charge in [0.15, 0.2) is 0 Å². The normalized spacial score (nSPS) is 35.9. The molecule has 74 valence electrons. The first kappa shape index (κ1) is 9.26. The lowest BCUT2D eigenvalue weighted by molar-refractivity contribution is 0.189. The zero-order valence-electron chi connectivity index (χ0n) is 8.54. The van der Waals surface area contributed by atoms with Crippen molar-refractivity contribution in [3.8, 4) is 0 Å². The zero-order valence-corrected chi connectivity index (χ0v) is 8.54. The summed E-state index contributed by atoms with van der Waals surface area (Å²) in [5, 5.41) is 0. The monoisotopic (exact) mass is 180 g/mol. The van der Waals surface area contributed by atoms with Crippen LogP contribution in [0.4, 0.5) is 0 Å². The second-order valence-electron chi connectivity index (χ2n) is 4.53. The Hall–Kier alpha value is -0.300. The van der Waals surface area contributed by atoms with E-state index in [4.69, 9.17) is 4.74 Å². The average Bonchev–Trinajstić information content (AvgIpc) is 2.73. The van der Waals surface area contributed by atoms with Gasteiger partial charge in [0, 0.05) is 13.7 Å². The molecule has 0 aromatic carbocycles. The number of unbranched alkanes of at least 4 members (excludes halogenated alkanes) is 1. The molecule has 0 N–H and O–H groups in total. The van der Waals surface area contributed by atoms with E-state index in [-0.39, 0.29) is 0 Å². The van der Waals surface area contributed by atoms with Crippen LogP contribution in [0.25, 0.3) is 0 Å². The smallest absolute Gasteiger partial charge is 0.0462 e. The van der Waals surface area contributed by atoms with Crippen molar-refractivity contribution >= 4 is 0 Å². The molecule has 0 radical (unpaired) electrons. The Bertz CT molecular complexity index is 186. The van der Waals surface area contributed by atoms with Gasteiger partial charge in [-0.25, -0.2) is 0 Å². The highest BCUT2D eigenvalue weighted by Gasteiger charge is 2.34. The molecule has 1 nitrogen and oxygen atoms in total. The lowest BCUT2D eigenvalue weighted by Crippen LogP contribution is -2.06. The van der Waals surface area contributed by atoms with E-state index in [0.717, 1.165) is 24.4 Å². The molecular formula is C12H20O. The Morgan fingerprint density at radius 3 is 2.77 bits per heavy atom. The summed E-state index contributed by atoms with van der Waals surface area (Å²) in [6.07, 6.45) is 11.8. The molecule has 0 aromatic heterocycles. The molecule has 2 aliphatic carbocycles. The van der Waals surface area contributed by atoms with Crippen LogP contribution in [-0.2, 0) is 4.74 Å². The third kappa shape index (κ3) is 2.14. The van der Waals surface area contributed by atoms with E-state index >= 15 is 0 Å². The van der Waals surface area contributed by atoms with Crippen molar-refractivity contribution in [1.29, 1.82) is 0 Å². The van der Waals surface area contributed by atoms with E-state index in [1.54, 1.807) is 7.11 Å². The summed E-state index contributed by atoms with van der Waals surface area (Å²) >= 11 is 0. The van der Waals surface area contributed by atoms with Crippen molar-refractivity contribution in [2.75, 3.05) is 13.7 Å². The van der Waals surface area contributed by atoms with E-state index in [1.165, 1.54) is 32.1 Å². The largest absolute Gasteiger partial charge is 0.385 e. The number of fused-ring (bicyclic) bond motifs is 2. The van der Waals surface area contributed by atoms with Gasteiger partial charge >= 0.3 is 0 Å². The first-order chi connectivity index (χ1) is 6.40. The highest BCUT2D eigenvalue weighted by Crippen LogP contribution is 2.45. The number of allylic oxidation sites excluding steroid dienone is 2. The molecule has 3 atom stereocenters. The maximum Gasteiger partial charge on any atom is 0.0462 e. The van der Waals surface area contributed by atoms with Gasteiger partial charge in [-0.3, -0.25) is 0 Å². The van der Waals surface area contributed by atoms with Crippen LogP contribution in [0.3, 0.4) is 0 Å². The predicted molar refractivity (Wildman–Crippen MR) is 54.6 cm³/mol. The van der Waals surface area contributed by atoms with Crippen LogP contribution in [0.1, 0.15) is 32.1 Å². The van der Waals surface area contributed by atoms with E-state index in [2.05, 4.69) is 12.2 Å². The van der Waals surface area contributed by atoms with E-state index < -0.39 is 0 Å². The fourth-order valence-electron chi connectivity index (χ4n) is 2.88. The third-order valence-corrected chi connectivity index (χ3v) is 3.59. The fourth-order valence-corrected chi connectivity index (χ4v) is 2.88. The van der Waals surface area contributed by atoms with Gasteiger partial charge in [-0.15, -0.1) is 0 Å². The standard InChI is InChI=1S/C12H20O/c1-13-7-3-2-4-11-8-10-5-6-12(11)9-10/h5-6,10-12H,2-4,7-9H2,1H3. The Balaban J connectivity index is 1.64. The third-order valence-electron chi connectivity index (χ3n) is 3.59. The fraction of sp³-hybridized carbons (Fsp3) is 0.833. The Kier molecular flexibility index (Phi) is 3.05. The van der Waals surface area contributed by atoms with Crippen LogP contribution in [0.15, 0.2) is 12.2 Å². The quantitative estimate of drug-likeness (QED) is 0.467. The van der Waals surface area contributed by atoms with E-state index in [0.29, 0.717) is 0 Å². The molecule has 3 unspecified atom stereocenters. The molecular weight excluding hydrogens is 160 g/mol. The Labute approximate surface area is 81.2 Å². The molecule has 2 bridgehead atoms. The highest BCUT2D eigenvalue weighted by molar-refractivity contribution is 5.09. The van der Waals surface area contributed by atoms with Crippen LogP contribution >= 0.6 is 0 Å². The van der Waals surface area contributed by atoms with Gasteiger partial charge in [0.25, 0.3) is 0 Å². The van der Waals surface area contributed by atoms with Crippen LogP contribution in [-0.4, -0.2) is 13.7 Å². The molecule has 0 saturated heterocycles. The van der Waals surface area contributed by atoms with Gasteiger partial charge in [-0.2, -0.15) is 0 Å². The van der Waals surface area contributed by atoms with Crippen molar-refractivity contribution in [3.05, 3.63) is 12.2 Å². The summed E-state index contributed by atoms with van der Waals surface area (Å²) in [5.74, 6) is 2.89. The summed E-state index contributed by atoms with van der Waals surface area (Å²) in [5.41, 5.74) is 0. The van der Waals surface area contributed by atoms with Crippen LogP contribution < -0.4 is 0 Å². The number of hydrogen-bond donors (Lipinski definition) is 0. The molecule has 2 rings (SSSR count). The maximum atomic E-state index is 5.05. The first-order valence-corrected chi connectivity index (χ1v) is 5.57. The molecule has 1 fully saturated rings. The molecule has 0 spiro atoms. The number of methoxy groups -OCH3 is 1. The summed E-state index contributed by atoms with van der Waals surface area (Å²) in [7, 11) is 1.79. The maximum absolute atomic E-state index is 5.05. The molecule has 1 heteroatoms. The zero-order chi connectivity index (χ0) is 9.10. The van der Waals surface area contributed by atoms with Crippen molar-refractivity contribution in [3.63, 3.8) is 0 Å². The number of hydrogen-bond acceptors (Lipinski definition) is 1. The van der Waals surface area contributed by atoms with Crippen molar-refractivity contribution in [1.82, 2.24) is 0 Å². The van der Waals surface area contributed by atoms with Crippen molar-refractivity contribution in [2.24, 2.45) is 17.8 Å². The minimum absolute atomic E-state index is 0.938. The minimum atomic E-state index is 0.938. The van der Waals surface area contributed by atoms with E-state index in [9.17, 15) is 0 Å². The van der Waals surface area contributed by atoms with Crippen molar-refractivity contribution < 1.29 is 4.74 Å². The molecule has 1 saturated carbocycles. The van der Waals surface area contributed by atoms with Gasteiger partial charge in [0.1, 0.15) is 0 Å². The predicted octanol–water partition coefficient (Wildman–Crippen LogP) is 3.02. The molecule has 0 aromatic rings. The Morgan fingerprint density at radius 2 is 2.15 bits per heavy atom. The molecule has 2 aliphatic rings. The summed E-state index contributed by atoms with van der Waals surface area (Å²) in [6, 6.07) is 0. The van der Waals surface area contributed by atoms with Crippen LogP contribution in [0.2, 0.25) is 0 Å². The van der Waals surface area contributed by atoms with Gasteiger partial charge < -0.3 is 4.74 Å². The molecule has 0 aliphatic heterocycles. The topological polar surface area (TPSA) is 9.23 Å². The first-order valence-electron chi connectivity index (χ1n) is 5.57. The molecule has 13 heavy (non-hydrogen) atoms. The van der Waals surface area contributed by atoms with Gasteiger partial charge in [0.05, 0.1) is 0 Å². The van der Waals surface area contributed by atoms with Crippen LogP contribution in [0.5, 0.6) is 0 Å². The average molecular weight is 180 g/mol. The van der Waals surface area contributed by atoms with Gasteiger partial charge in [-0.1, -0.05) is 18.6 Å². The van der Waals surface area contributed by atoms with Crippen LogP contribution in [0, 0.1) is 17.8 Å². The minimum Gasteiger partial charge on any atom is -0.385 e. The lowest BCUT2D eigenvalue weighted by atomic mass is 9.89. The van der Waals surface area contributed by atoms with Crippen molar-refractivity contribution in [2.45, 2.75) is 32.1 Å². The summed E-state index contributed by atoms with van der Waals surface area (Å²) in [4.78, 5) is 0. The summed E-state index contributed by atoms with van der Waals surface area (Å²) < 4.78 is 5.05. The second kappa shape index (κ2) is 4.28. The van der Waals surface area contributed by atoms with Gasteiger partial charge in [0.2, 0.25) is 0 Å². The van der Waals surface area contributed by atoms with E-state index in [1.807, 2.05) is 0 Å². The lowest BCUT2D eigenvalue weighted by Gasteiger charge is -2.17. The molecule has 0 amide bonds.